The zero-order chi connectivity index (χ0) is 21.6. The molecular weight excluding hydrogens is 424 g/mol. The summed E-state index contributed by atoms with van der Waals surface area (Å²) in [6.45, 7) is 9.79. The number of thioether (sulfide) groups is 1. The number of fused-ring (bicyclic) bond motifs is 1. The number of carbonyl (C=O) groups is 1. The lowest BCUT2D eigenvalue weighted by atomic mass is 10.1. The minimum atomic E-state index is 0.0244. The van der Waals surface area contributed by atoms with E-state index in [9.17, 15) is 4.79 Å². The van der Waals surface area contributed by atoms with Crippen LogP contribution in [-0.2, 0) is 6.42 Å². The summed E-state index contributed by atoms with van der Waals surface area (Å²) in [5.41, 5.74) is 3.27. The maximum atomic E-state index is 12.6. The first-order valence-corrected chi connectivity index (χ1v) is 12.9. The number of nitrogens with zero attached hydrogens (tertiary/aromatic N) is 3. The van der Waals surface area contributed by atoms with E-state index >= 15 is 0 Å². The van der Waals surface area contributed by atoms with Crippen LogP contribution in [0.15, 0.2) is 47.4 Å². The van der Waals surface area contributed by atoms with Crippen molar-refractivity contribution < 1.29 is 4.79 Å². The van der Waals surface area contributed by atoms with Crippen LogP contribution in [0.5, 0.6) is 0 Å². The molecule has 0 atom stereocenters. The number of anilines is 1. The lowest BCUT2D eigenvalue weighted by Gasteiger charge is -2.34. The maximum Gasteiger partial charge on any atom is 0.252 e. The maximum absolute atomic E-state index is 12.6. The molecule has 1 N–H and O–H groups in total. The zero-order valence-corrected chi connectivity index (χ0v) is 19.9. The number of rotatable bonds is 8. The summed E-state index contributed by atoms with van der Waals surface area (Å²) in [6.07, 6.45) is 1.02. The molecule has 31 heavy (non-hydrogen) atoms. The molecule has 0 saturated carbocycles. The number of aryl methyl sites for hydroxylation is 1. The molecule has 7 heteroatoms. The first kappa shape index (κ1) is 22.1. The number of nitrogens with one attached hydrogen (secondary N) is 1. The van der Waals surface area contributed by atoms with Gasteiger partial charge in [0.2, 0.25) is 0 Å². The molecule has 2 heterocycles. The number of thiazole rings is 1. The van der Waals surface area contributed by atoms with E-state index in [4.69, 9.17) is 4.98 Å². The third-order valence-corrected chi connectivity index (χ3v) is 7.70. The van der Waals surface area contributed by atoms with Crippen molar-refractivity contribution in [3.05, 3.63) is 53.6 Å². The van der Waals surface area contributed by atoms with E-state index in [1.807, 2.05) is 24.3 Å². The van der Waals surface area contributed by atoms with E-state index in [2.05, 4.69) is 47.2 Å². The summed E-state index contributed by atoms with van der Waals surface area (Å²) in [6, 6.07) is 14.3. The molecule has 0 radical (unpaired) electrons. The van der Waals surface area contributed by atoms with E-state index < -0.39 is 0 Å². The molecule has 0 aliphatic carbocycles. The van der Waals surface area contributed by atoms with Crippen LogP contribution in [0.1, 0.15) is 29.8 Å². The molecule has 1 aromatic heterocycles. The Morgan fingerprint density at radius 2 is 1.90 bits per heavy atom. The van der Waals surface area contributed by atoms with Crippen molar-refractivity contribution in [3.8, 4) is 0 Å². The third kappa shape index (κ3) is 5.22. The fourth-order valence-electron chi connectivity index (χ4n) is 3.94. The summed E-state index contributed by atoms with van der Waals surface area (Å²) in [5.74, 6) is 0.986. The lowest BCUT2D eigenvalue weighted by Crippen LogP contribution is -2.48. The van der Waals surface area contributed by atoms with Gasteiger partial charge in [-0.25, -0.2) is 4.98 Å². The second-order valence-electron chi connectivity index (χ2n) is 7.63. The van der Waals surface area contributed by atoms with Crippen molar-refractivity contribution in [1.82, 2.24) is 15.2 Å². The molecule has 4 rings (SSSR count). The number of hydrogen-bond acceptors (Lipinski definition) is 6. The molecular formula is C24H30N4OS2. The Balaban J connectivity index is 1.27. The highest BCUT2D eigenvalue weighted by atomic mass is 32.2. The van der Waals surface area contributed by atoms with E-state index in [-0.39, 0.29) is 5.91 Å². The van der Waals surface area contributed by atoms with Crippen LogP contribution in [0, 0.1) is 0 Å². The number of aromatic nitrogens is 1. The molecule has 1 aliphatic rings. The molecule has 0 spiro atoms. The molecule has 1 aliphatic heterocycles. The van der Waals surface area contributed by atoms with Crippen LogP contribution in [0.3, 0.4) is 0 Å². The quantitative estimate of drug-likeness (QED) is 0.507. The minimum absolute atomic E-state index is 0.0244. The number of piperazine rings is 1. The Morgan fingerprint density at radius 1 is 1.10 bits per heavy atom. The van der Waals surface area contributed by atoms with E-state index in [0.717, 1.165) is 66.0 Å². The van der Waals surface area contributed by atoms with Gasteiger partial charge in [0.1, 0.15) is 0 Å². The number of benzene rings is 2. The Labute approximate surface area is 192 Å². The number of hydrogen-bond donors (Lipinski definition) is 1. The fraction of sp³-hybridized carbons (Fsp3) is 0.417. The van der Waals surface area contributed by atoms with E-state index in [1.165, 1.54) is 10.3 Å². The molecule has 3 aromatic rings. The number of para-hydroxylation sites is 1. The predicted molar refractivity (Wildman–Crippen MR) is 133 cm³/mol. The minimum Gasteiger partial charge on any atom is -0.351 e. The van der Waals surface area contributed by atoms with Gasteiger partial charge >= 0.3 is 0 Å². The molecule has 164 valence electrons. The predicted octanol–water partition coefficient (Wildman–Crippen LogP) is 4.52. The van der Waals surface area contributed by atoms with Gasteiger partial charge in [-0.05, 0) is 35.9 Å². The Hall–Kier alpha value is -2.09. The average molecular weight is 455 g/mol. The highest BCUT2D eigenvalue weighted by Gasteiger charge is 2.20. The van der Waals surface area contributed by atoms with Crippen LogP contribution in [0.2, 0.25) is 0 Å². The second-order valence-corrected chi connectivity index (χ2v) is 9.94. The second kappa shape index (κ2) is 10.5. The molecule has 1 fully saturated rings. The van der Waals surface area contributed by atoms with Gasteiger partial charge in [-0.3, -0.25) is 9.69 Å². The van der Waals surface area contributed by atoms with Gasteiger partial charge in [-0.15, -0.1) is 11.8 Å². The largest absolute Gasteiger partial charge is 0.351 e. The summed E-state index contributed by atoms with van der Waals surface area (Å²) < 4.78 is 1.28. The van der Waals surface area contributed by atoms with Crippen molar-refractivity contribution in [3.63, 3.8) is 0 Å². The Kier molecular flexibility index (Phi) is 7.48. The summed E-state index contributed by atoms with van der Waals surface area (Å²) in [7, 11) is 0. The molecule has 0 bridgehead atoms. The normalized spacial score (nSPS) is 14.8. The first-order chi connectivity index (χ1) is 15.2. The molecule has 5 nitrogen and oxygen atoms in total. The van der Waals surface area contributed by atoms with Gasteiger partial charge in [0, 0.05) is 44.2 Å². The smallest absolute Gasteiger partial charge is 0.252 e. The average Bonchev–Trinajstić information content (AvgIpc) is 3.24. The van der Waals surface area contributed by atoms with Crippen LogP contribution >= 0.6 is 23.1 Å². The van der Waals surface area contributed by atoms with Crippen molar-refractivity contribution in [2.75, 3.05) is 49.9 Å². The zero-order valence-electron chi connectivity index (χ0n) is 18.3. The van der Waals surface area contributed by atoms with Gasteiger partial charge < -0.3 is 10.2 Å². The van der Waals surface area contributed by atoms with Gasteiger partial charge in [0.25, 0.3) is 5.91 Å². The van der Waals surface area contributed by atoms with Crippen molar-refractivity contribution >= 4 is 44.4 Å². The number of carbonyl (C=O) groups excluding carboxylic acids is 1. The van der Waals surface area contributed by atoms with Crippen LogP contribution in [0.4, 0.5) is 5.13 Å². The van der Waals surface area contributed by atoms with Gasteiger partial charge in [-0.1, -0.05) is 49.4 Å². The highest BCUT2D eigenvalue weighted by Crippen LogP contribution is 2.31. The van der Waals surface area contributed by atoms with E-state index in [0.29, 0.717) is 6.54 Å². The molecule has 1 saturated heterocycles. The first-order valence-electron chi connectivity index (χ1n) is 11.0. The Morgan fingerprint density at radius 3 is 2.68 bits per heavy atom. The van der Waals surface area contributed by atoms with Gasteiger partial charge in [-0.2, -0.15) is 0 Å². The van der Waals surface area contributed by atoms with Crippen molar-refractivity contribution in [2.45, 2.75) is 25.2 Å². The molecule has 0 unspecified atom stereocenters. The third-order valence-electron chi connectivity index (χ3n) is 5.66. The topological polar surface area (TPSA) is 48.5 Å². The van der Waals surface area contributed by atoms with Gasteiger partial charge in [0.15, 0.2) is 5.13 Å². The van der Waals surface area contributed by atoms with Crippen molar-refractivity contribution in [1.29, 1.82) is 0 Å². The van der Waals surface area contributed by atoms with Gasteiger partial charge in [0.05, 0.1) is 15.8 Å². The standard InChI is InChI=1S/C24H30N4OS2/c1-3-18-8-7-11-21-22(18)26-24(31-21)28-16-14-27(15-17-28)13-12-25-23(29)19-9-5-6-10-20(19)30-4-2/h5-11H,3-4,12-17H2,1-2H3,(H,25,29). The monoisotopic (exact) mass is 454 g/mol. The van der Waals surface area contributed by atoms with Crippen LogP contribution in [0.25, 0.3) is 10.2 Å². The Bertz CT molecular complexity index is 1030. The van der Waals surface area contributed by atoms with Crippen LogP contribution in [-0.4, -0.2) is 60.8 Å². The molecule has 1 amide bonds. The summed E-state index contributed by atoms with van der Waals surface area (Å²) in [5, 5.41) is 4.23. The van der Waals surface area contributed by atoms with Crippen molar-refractivity contribution in [2.24, 2.45) is 0 Å². The molecule has 2 aromatic carbocycles. The SMILES string of the molecule is CCSc1ccccc1C(=O)NCCN1CCN(c2nc3c(CC)cccc3s2)CC1. The summed E-state index contributed by atoms with van der Waals surface area (Å²) in [4.78, 5) is 23.4. The fourth-order valence-corrected chi connectivity index (χ4v) is 5.80. The van der Waals surface area contributed by atoms with E-state index in [1.54, 1.807) is 23.1 Å². The van der Waals surface area contributed by atoms with Crippen LogP contribution < -0.4 is 10.2 Å². The lowest BCUT2D eigenvalue weighted by molar-refractivity contribution is 0.0945. The number of amides is 1. The highest BCUT2D eigenvalue weighted by molar-refractivity contribution is 7.99. The summed E-state index contributed by atoms with van der Waals surface area (Å²) >= 11 is 3.51.